The van der Waals surface area contributed by atoms with Crippen molar-refractivity contribution < 1.29 is 4.74 Å². The molecule has 0 bridgehead atoms. The normalized spacial score (nSPS) is 16.3. The molecule has 1 saturated heterocycles. The number of nitrogens with zero attached hydrogens (tertiary/aromatic N) is 4. The fourth-order valence-electron chi connectivity index (χ4n) is 2.68. The van der Waals surface area contributed by atoms with E-state index in [4.69, 9.17) is 16.3 Å². The summed E-state index contributed by atoms with van der Waals surface area (Å²) in [6.45, 7) is 3.77. The molecule has 0 atom stereocenters. The van der Waals surface area contributed by atoms with Gasteiger partial charge in [-0.3, -0.25) is 0 Å². The minimum absolute atomic E-state index is 0.355. The molecule has 2 rings (SSSR count). The molecule has 0 aliphatic carbocycles. The lowest BCUT2D eigenvalue weighted by molar-refractivity contribution is 0.0332. The first kappa shape index (κ1) is 17.2. The summed E-state index contributed by atoms with van der Waals surface area (Å²) < 4.78 is 5.97. The van der Waals surface area contributed by atoms with E-state index in [-0.39, 0.29) is 0 Å². The molecule has 22 heavy (non-hydrogen) atoms. The lowest BCUT2D eigenvalue weighted by Gasteiger charge is -2.33. The summed E-state index contributed by atoms with van der Waals surface area (Å²) in [4.78, 5) is 12.8. The van der Waals surface area contributed by atoms with Gasteiger partial charge in [-0.1, -0.05) is 11.6 Å². The van der Waals surface area contributed by atoms with E-state index >= 15 is 0 Å². The molecule has 0 aromatic carbocycles. The summed E-state index contributed by atoms with van der Waals surface area (Å²) in [6.07, 6.45) is 4.99. The molecular weight excluding hydrogens is 302 g/mol. The molecule has 2 heterocycles. The van der Waals surface area contributed by atoms with Crippen LogP contribution in [0.2, 0.25) is 5.15 Å². The molecule has 1 N–H and O–H groups in total. The van der Waals surface area contributed by atoms with Gasteiger partial charge in [-0.2, -0.15) is 0 Å². The zero-order valence-corrected chi connectivity index (χ0v) is 14.4. The smallest absolute Gasteiger partial charge is 0.157 e. The zero-order valence-electron chi connectivity index (χ0n) is 13.7. The molecule has 0 unspecified atom stereocenters. The van der Waals surface area contributed by atoms with Crippen LogP contribution >= 0.6 is 11.6 Å². The van der Waals surface area contributed by atoms with Gasteiger partial charge in [0.1, 0.15) is 12.0 Å². The Balaban J connectivity index is 1.81. The Morgan fingerprint density at radius 3 is 2.73 bits per heavy atom. The minimum atomic E-state index is 0.355. The predicted molar refractivity (Wildman–Crippen MR) is 90.9 cm³/mol. The number of piperidine rings is 1. The average Bonchev–Trinajstić information content (AvgIpc) is 2.52. The van der Waals surface area contributed by atoms with E-state index in [1.165, 1.54) is 6.33 Å². The van der Waals surface area contributed by atoms with Crippen molar-refractivity contribution in [2.24, 2.45) is 0 Å². The molecule has 1 aromatic rings. The van der Waals surface area contributed by atoms with Crippen LogP contribution in [0.3, 0.4) is 0 Å². The number of nitrogens with one attached hydrogen (secondary N) is 1. The number of rotatable bonds is 7. The lowest BCUT2D eigenvalue weighted by Crippen LogP contribution is -2.38. The highest BCUT2D eigenvalue weighted by Gasteiger charge is 2.23. The molecule has 0 saturated carbocycles. The molecule has 124 valence electrons. The third-order valence-electron chi connectivity index (χ3n) is 3.88. The zero-order chi connectivity index (χ0) is 15.9. The Bertz CT molecular complexity index is 463. The highest BCUT2D eigenvalue weighted by molar-refractivity contribution is 6.32. The van der Waals surface area contributed by atoms with Crippen LogP contribution in [-0.2, 0) is 4.74 Å². The Labute approximate surface area is 137 Å². The third-order valence-corrected chi connectivity index (χ3v) is 4.16. The van der Waals surface area contributed by atoms with Gasteiger partial charge in [-0.05, 0) is 39.9 Å². The molecule has 1 aromatic heterocycles. The van der Waals surface area contributed by atoms with Crippen LogP contribution < -0.4 is 10.2 Å². The van der Waals surface area contributed by atoms with E-state index in [1.807, 2.05) is 7.05 Å². The van der Waals surface area contributed by atoms with Crippen molar-refractivity contribution in [1.82, 2.24) is 14.9 Å². The molecule has 6 nitrogen and oxygen atoms in total. The van der Waals surface area contributed by atoms with Gasteiger partial charge in [0.2, 0.25) is 0 Å². The maximum atomic E-state index is 6.12. The second kappa shape index (κ2) is 8.50. The molecule has 0 radical (unpaired) electrons. The second-order valence-electron chi connectivity index (χ2n) is 5.83. The van der Waals surface area contributed by atoms with Gasteiger partial charge in [0, 0.05) is 26.7 Å². The summed E-state index contributed by atoms with van der Waals surface area (Å²) in [5, 5.41) is 3.56. The molecule has 0 spiro atoms. The Kier molecular flexibility index (Phi) is 6.67. The summed E-state index contributed by atoms with van der Waals surface area (Å²) >= 11 is 6.12. The van der Waals surface area contributed by atoms with Crippen LogP contribution in [-0.4, -0.2) is 68.4 Å². The summed E-state index contributed by atoms with van der Waals surface area (Å²) in [7, 11) is 6.02. The van der Waals surface area contributed by atoms with Crippen LogP contribution in [0.4, 0.5) is 11.5 Å². The molecule has 1 fully saturated rings. The van der Waals surface area contributed by atoms with Gasteiger partial charge in [0.25, 0.3) is 0 Å². The van der Waals surface area contributed by atoms with Crippen LogP contribution in [0.5, 0.6) is 0 Å². The SMILES string of the molecule is CNc1c(Cl)ncnc1N1CCC(OCCCN(C)C)CC1. The first-order chi connectivity index (χ1) is 10.6. The van der Waals surface area contributed by atoms with Crippen molar-refractivity contribution in [3.63, 3.8) is 0 Å². The third kappa shape index (κ3) is 4.69. The molecular formula is C15H26ClN5O. The summed E-state index contributed by atoms with van der Waals surface area (Å²) in [5.74, 6) is 0.883. The van der Waals surface area contributed by atoms with E-state index in [2.05, 4.69) is 39.2 Å². The first-order valence-electron chi connectivity index (χ1n) is 7.81. The van der Waals surface area contributed by atoms with Crippen LogP contribution in [0.15, 0.2) is 6.33 Å². The highest BCUT2D eigenvalue weighted by atomic mass is 35.5. The van der Waals surface area contributed by atoms with Gasteiger partial charge in [-0.15, -0.1) is 0 Å². The fourth-order valence-corrected chi connectivity index (χ4v) is 2.90. The summed E-state index contributed by atoms with van der Waals surface area (Å²) in [6, 6.07) is 0. The van der Waals surface area contributed by atoms with Gasteiger partial charge >= 0.3 is 0 Å². The van der Waals surface area contributed by atoms with E-state index in [1.54, 1.807) is 0 Å². The van der Waals surface area contributed by atoms with Gasteiger partial charge in [0.05, 0.1) is 6.10 Å². The van der Waals surface area contributed by atoms with Gasteiger partial charge < -0.3 is 19.9 Å². The van der Waals surface area contributed by atoms with Crippen molar-refractivity contribution in [3.05, 3.63) is 11.5 Å². The molecule has 7 heteroatoms. The number of anilines is 2. The number of ether oxygens (including phenoxy) is 1. The predicted octanol–water partition coefficient (Wildman–Crippen LogP) is 2.11. The second-order valence-corrected chi connectivity index (χ2v) is 6.19. The van der Waals surface area contributed by atoms with Crippen LogP contribution in [0, 0.1) is 0 Å². The number of hydrogen-bond acceptors (Lipinski definition) is 6. The molecule has 1 aliphatic rings. The minimum Gasteiger partial charge on any atom is -0.383 e. The lowest BCUT2D eigenvalue weighted by atomic mass is 10.1. The van der Waals surface area contributed by atoms with Gasteiger partial charge in [-0.25, -0.2) is 9.97 Å². The van der Waals surface area contributed by atoms with E-state index in [9.17, 15) is 0 Å². The van der Waals surface area contributed by atoms with Crippen molar-refractivity contribution in [1.29, 1.82) is 0 Å². The monoisotopic (exact) mass is 327 g/mol. The van der Waals surface area contributed by atoms with E-state index in [0.717, 1.165) is 57.0 Å². The summed E-state index contributed by atoms with van der Waals surface area (Å²) in [5.41, 5.74) is 0.800. The van der Waals surface area contributed by atoms with Crippen molar-refractivity contribution in [2.45, 2.75) is 25.4 Å². The Morgan fingerprint density at radius 1 is 1.36 bits per heavy atom. The molecule has 1 aliphatic heterocycles. The topological polar surface area (TPSA) is 53.5 Å². The Hall–Kier alpha value is -1.11. The van der Waals surface area contributed by atoms with Crippen LogP contribution in [0.25, 0.3) is 0 Å². The van der Waals surface area contributed by atoms with Crippen molar-refractivity contribution in [2.75, 3.05) is 57.6 Å². The quantitative estimate of drug-likeness (QED) is 0.611. The Morgan fingerprint density at radius 2 is 2.09 bits per heavy atom. The average molecular weight is 328 g/mol. The number of halogens is 1. The molecule has 0 amide bonds. The van der Waals surface area contributed by atoms with E-state index < -0.39 is 0 Å². The van der Waals surface area contributed by atoms with E-state index in [0.29, 0.717) is 11.3 Å². The van der Waals surface area contributed by atoms with Crippen molar-refractivity contribution >= 4 is 23.1 Å². The standard InChI is InChI=1S/C15H26ClN5O/c1-17-13-14(16)18-11-19-15(13)21-8-5-12(6-9-21)22-10-4-7-20(2)3/h11-12,17H,4-10H2,1-3H3. The first-order valence-corrected chi connectivity index (χ1v) is 8.19. The maximum Gasteiger partial charge on any atom is 0.157 e. The van der Waals surface area contributed by atoms with Gasteiger partial charge in [0.15, 0.2) is 11.0 Å². The fraction of sp³-hybridized carbons (Fsp3) is 0.733. The number of aromatic nitrogens is 2. The van der Waals surface area contributed by atoms with Crippen molar-refractivity contribution in [3.8, 4) is 0 Å². The number of hydrogen-bond donors (Lipinski definition) is 1. The van der Waals surface area contributed by atoms with Crippen LogP contribution in [0.1, 0.15) is 19.3 Å². The highest BCUT2D eigenvalue weighted by Crippen LogP contribution is 2.30. The largest absolute Gasteiger partial charge is 0.383 e. The maximum absolute atomic E-state index is 6.12.